The van der Waals surface area contributed by atoms with Crippen LogP contribution < -0.4 is 4.74 Å². The Labute approximate surface area is 195 Å². The lowest BCUT2D eigenvalue weighted by atomic mass is 9.63. The zero-order valence-corrected chi connectivity index (χ0v) is 18.5. The standard InChI is InChI=1S/C25H20Cl2N2O3/c26-15-3-1-2-13(8-15)12-32-21-7-4-16(27)9-14(21)11-28-29-24(30)22-17-5-6-18(20-10-19(17)20)23(22)25(29)31/h1-9,11,17-20,22-23H,10,12H2/b28-11-/t17-,18-,19-,20+,22-,23+/m0/s1. The van der Waals surface area contributed by atoms with Gasteiger partial charge in [0.25, 0.3) is 11.8 Å². The molecule has 2 bridgehead atoms. The lowest BCUT2D eigenvalue weighted by Crippen LogP contribution is -2.40. The number of halogens is 2. The average Bonchev–Trinajstić information content (AvgIpc) is 3.56. The van der Waals surface area contributed by atoms with Crippen LogP contribution in [0.3, 0.4) is 0 Å². The van der Waals surface area contributed by atoms with Gasteiger partial charge >= 0.3 is 0 Å². The van der Waals surface area contributed by atoms with Crippen molar-refractivity contribution in [1.29, 1.82) is 0 Å². The Morgan fingerprint density at radius 1 is 0.969 bits per heavy atom. The Bertz CT molecular complexity index is 1160. The molecule has 4 aliphatic carbocycles. The fraction of sp³-hybridized carbons (Fsp3) is 0.320. The molecule has 7 rings (SSSR count). The molecule has 2 aromatic carbocycles. The van der Waals surface area contributed by atoms with Crippen LogP contribution in [0.5, 0.6) is 5.75 Å². The van der Waals surface area contributed by atoms with Gasteiger partial charge < -0.3 is 4.74 Å². The Kier molecular flexibility index (Phi) is 4.67. The Morgan fingerprint density at radius 3 is 2.34 bits per heavy atom. The minimum Gasteiger partial charge on any atom is -0.488 e. The van der Waals surface area contributed by atoms with Crippen LogP contribution in [-0.4, -0.2) is 23.0 Å². The number of carbonyl (C=O) groups is 2. The highest BCUT2D eigenvalue weighted by Crippen LogP contribution is 2.65. The molecule has 0 spiro atoms. The van der Waals surface area contributed by atoms with Gasteiger partial charge in [0.2, 0.25) is 0 Å². The molecule has 0 radical (unpaired) electrons. The number of hydrazone groups is 1. The lowest BCUT2D eigenvalue weighted by Gasteiger charge is -2.37. The molecular weight excluding hydrogens is 447 g/mol. The fourth-order valence-corrected chi connectivity index (χ4v) is 6.11. The van der Waals surface area contributed by atoms with E-state index in [9.17, 15) is 9.59 Å². The monoisotopic (exact) mass is 466 g/mol. The van der Waals surface area contributed by atoms with E-state index in [0.29, 0.717) is 39.8 Å². The second-order valence-corrected chi connectivity index (χ2v) is 9.86. The number of benzene rings is 2. The third-order valence-electron chi connectivity index (χ3n) is 7.21. The van der Waals surface area contributed by atoms with Crippen molar-refractivity contribution in [3.63, 3.8) is 0 Å². The Hall–Kier alpha value is -2.63. The van der Waals surface area contributed by atoms with Crippen molar-refractivity contribution in [1.82, 2.24) is 5.01 Å². The molecule has 5 nitrogen and oxygen atoms in total. The molecule has 2 aromatic rings. The third kappa shape index (κ3) is 3.18. The molecule has 32 heavy (non-hydrogen) atoms. The Balaban J connectivity index is 1.23. The topological polar surface area (TPSA) is 59.0 Å². The fourth-order valence-electron chi connectivity index (χ4n) is 5.71. The van der Waals surface area contributed by atoms with E-state index in [0.717, 1.165) is 17.0 Å². The minimum atomic E-state index is -0.267. The summed E-state index contributed by atoms with van der Waals surface area (Å²) in [5.41, 5.74) is 1.52. The van der Waals surface area contributed by atoms with Crippen molar-refractivity contribution < 1.29 is 14.3 Å². The van der Waals surface area contributed by atoms with Gasteiger partial charge in [-0.2, -0.15) is 10.1 Å². The van der Waals surface area contributed by atoms with E-state index >= 15 is 0 Å². The molecular formula is C25H20Cl2N2O3. The maximum absolute atomic E-state index is 13.1. The molecule has 2 amide bonds. The predicted octanol–water partition coefficient (Wildman–Crippen LogP) is 4.96. The molecule has 5 aliphatic rings. The highest BCUT2D eigenvalue weighted by Gasteiger charge is 2.67. The second-order valence-electron chi connectivity index (χ2n) is 8.99. The van der Waals surface area contributed by atoms with E-state index in [2.05, 4.69) is 17.3 Å². The van der Waals surface area contributed by atoms with Crippen LogP contribution >= 0.6 is 23.2 Å². The number of imide groups is 1. The van der Waals surface area contributed by atoms with Crippen molar-refractivity contribution in [2.24, 2.45) is 40.6 Å². The van der Waals surface area contributed by atoms with E-state index < -0.39 is 0 Å². The molecule has 0 aromatic heterocycles. The first-order chi connectivity index (χ1) is 15.5. The molecule has 0 unspecified atom stereocenters. The van der Waals surface area contributed by atoms with E-state index in [1.807, 2.05) is 18.2 Å². The van der Waals surface area contributed by atoms with E-state index in [-0.39, 0.29) is 35.5 Å². The summed E-state index contributed by atoms with van der Waals surface area (Å²) in [5, 5.41) is 6.52. The SMILES string of the molecule is O=C1[C@@H]2[C@H]3C=C[C@@H]([C@@H]4C[C@H]34)[C@@H]2C(=O)N1/N=C\c1cc(Cl)ccc1OCc1cccc(Cl)c1. The number of rotatable bonds is 5. The molecule has 0 N–H and O–H groups in total. The minimum absolute atomic E-state index is 0.175. The molecule has 1 saturated heterocycles. The van der Waals surface area contributed by atoms with E-state index in [4.69, 9.17) is 27.9 Å². The maximum atomic E-state index is 13.1. The van der Waals surface area contributed by atoms with Crippen molar-refractivity contribution in [3.8, 4) is 5.75 Å². The molecule has 1 heterocycles. The molecule has 2 saturated carbocycles. The van der Waals surface area contributed by atoms with Gasteiger partial charge in [0.1, 0.15) is 12.4 Å². The summed E-state index contributed by atoms with van der Waals surface area (Å²) < 4.78 is 5.95. The van der Waals surface area contributed by atoms with Gasteiger partial charge in [-0.15, -0.1) is 0 Å². The number of allylic oxidation sites excluding steroid dienone is 2. The van der Waals surface area contributed by atoms with Crippen LogP contribution in [0.25, 0.3) is 0 Å². The van der Waals surface area contributed by atoms with Crippen LogP contribution in [0.2, 0.25) is 10.0 Å². The van der Waals surface area contributed by atoms with Crippen molar-refractivity contribution in [2.45, 2.75) is 13.0 Å². The predicted molar refractivity (Wildman–Crippen MR) is 121 cm³/mol. The van der Waals surface area contributed by atoms with Gasteiger partial charge in [-0.05, 0) is 66.0 Å². The van der Waals surface area contributed by atoms with Crippen molar-refractivity contribution in [3.05, 3.63) is 75.8 Å². The Morgan fingerprint density at radius 2 is 1.66 bits per heavy atom. The molecule has 7 heteroatoms. The number of nitrogens with zero attached hydrogens (tertiary/aromatic N) is 2. The lowest BCUT2D eigenvalue weighted by molar-refractivity contribution is -0.140. The van der Waals surface area contributed by atoms with Gasteiger partial charge in [-0.1, -0.05) is 47.5 Å². The third-order valence-corrected chi connectivity index (χ3v) is 7.68. The molecule has 6 atom stereocenters. The van der Waals surface area contributed by atoms with Gasteiger partial charge in [0.15, 0.2) is 0 Å². The normalized spacial score (nSPS) is 31.9. The van der Waals surface area contributed by atoms with Crippen LogP contribution in [0, 0.1) is 35.5 Å². The first-order valence-electron chi connectivity index (χ1n) is 10.8. The van der Waals surface area contributed by atoms with Gasteiger partial charge in [-0.25, -0.2) is 0 Å². The van der Waals surface area contributed by atoms with E-state index in [1.165, 1.54) is 6.21 Å². The summed E-state index contributed by atoms with van der Waals surface area (Å²) in [6.07, 6.45) is 6.92. The molecule has 1 aliphatic heterocycles. The largest absolute Gasteiger partial charge is 0.488 e. The van der Waals surface area contributed by atoms with Gasteiger partial charge in [-0.3, -0.25) is 9.59 Å². The molecule has 3 fully saturated rings. The van der Waals surface area contributed by atoms with Crippen molar-refractivity contribution >= 4 is 41.2 Å². The highest BCUT2D eigenvalue weighted by molar-refractivity contribution is 6.31. The smallest absolute Gasteiger partial charge is 0.254 e. The van der Waals surface area contributed by atoms with E-state index in [1.54, 1.807) is 24.3 Å². The van der Waals surface area contributed by atoms with Crippen LogP contribution in [-0.2, 0) is 16.2 Å². The summed E-state index contributed by atoms with van der Waals surface area (Å²) in [7, 11) is 0. The zero-order valence-electron chi connectivity index (χ0n) is 17.0. The highest BCUT2D eigenvalue weighted by atomic mass is 35.5. The van der Waals surface area contributed by atoms with Crippen LogP contribution in [0.1, 0.15) is 17.5 Å². The van der Waals surface area contributed by atoms with Gasteiger partial charge in [0, 0.05) is 15.6 Å². The second kappa shape index (κ2) is 7.46. The zero-order chi connectivity index (χ0) is 22.0. The summed E-state index contributed by atoms with van der Waals surface area (Å²) in [4.78, 5) is 26.2. The summed E-state index contributed by atoms with van der Waals surface area (Å²) in [6.45, 7) is 0.312. The first-order valence-corrected chi connectivity index (χ1v) is 11.5. The maximum Gasteiger partial charge on any atom is 0.254 e. The molecule has 162 valence electrons. The number of ether oxygens (including phenoxy) is 1. The first kappa shape index (κ1) is 20.0. The average molecular weight is 467 g/mol. The number of carbonyl (C=O) groups excluding carboxylic acids is 2. The van der Waals surface area contributed by atoms with Gasteiger partial charge in [0.05, 0.1) is 18.1 Å². The van der Waals surface area contributed by atoms with Crippen LogP contribution in [0.15, 0.2) is 59.7 Å². The van der Waals surface area contributed by atoms with Crippen LogP contribution in [0.4, 0.5) is 0 Å². The quantitative estimate of drug-likeness (QED) is 0.355. The summed E-state index contributed by atoms with van der Waals surface area (Å²) in [5.74, 6) is 1.11. The number of hydrogen-bond donors (Lipinski definition) is 0. The number of amides is 2. The number of hydrogen-bond acceptors (Lipinski definition) is 4. The van der Waals surface area contributed by atoms with Crippen molar-refractivity contribution in [2.75, 3.05) is 0 Å². The summed E-state index contributed by atoms with van der Waals surface area (Å²) in [6, 6.07) is 12.6. The summed E-state index contributed by atoms with van der Waals surface area (Å²) >= 11 is 12.2.